The number of hydrogen-bond acceptors (Lipinski definition) is 4. The van der Waals surface area contributed by atoms with Crippen molar-refractivity contribution in [3.8, 4) is 11.3 Å². The van der Waals surface area contributed by atoms with Gasteiger partial charge in [0.25, 0.3) is 0 Å². The van der Waals surface area contributed by atoms with Crippen LogP contribution in [0.15, 0.2) is 65.2 Å². The lowest BCUT2D eigenvalue weighted by Crippen LogP contribution is -2.43. The molecule has 0 spiro atoms. The van der Waals surface area contributed by atoms with Gasteiger partial charge in [-0.1, -0.05) is 18.2 Å². The average Bonchev–Trinajstić information content (AvgIpc) is 3.28. The van der Waals surface area contributed by atoms with Gasteiger partial charge in [-0.15, -0.1) is 0 Å². The van der Waals surface area contributed by atoms with E-state index < -0.39 is 0 Å². The number of rotatable bonds is 6. The summed E-state index contributed by atoms with van der Waals surface area (Å²) in [5, 5.41) is 2.93. The number of aromatic nitrogens is 1. The quantitative estimate of drug-likeness (QED) is 0.644. The Bertz CT molecular complexity index is 1030. The van der Waals surface area contributed by atoms with E-state index in [4.69, 9.17) is 4.42 Å². The summed E-state index contributed by atoms with van der Waals surface area (Å²) in [4.78, 5) is 31.3. The van der Waals surface area contributed by atoms with Crippen molar-refractivity contribution in [2.24, 2.45) is 5.92 Å². The fourth-order valence-electron chi connectivity index (χ4n) is 3.73. The third-order valence-electron chi connectivity index (χ3n) is 5.42. The standard InChI is InChI=1S/C24H24FN3O3/c25-19-10-8-17(9-11-19)21-15-26-22(31-21)12-13-23(29)28-14-4-5-18(16-28)24(30)27-20-6-2-1-3-7-20/h1-3,6-11,15,18H,4-5,12-14,16H2,(H,27,30). The molecule has 0 aliphatic carbocycles. The van der Waals surface area contributed by atoms with Crippen LogP contribution in [-0.2, 0) is 16.0 Å². The van der Waals surface area contributed by atoms with Crippen LogP contribution in [0.1, 0.15) is 25.2 Å². The van der Waals surface area contributed by atoms with Crippen LogP contribution in [0.2, 0.25) is 0 Å². The Morgan fingerprint density at radius 3 is 2.68 bits per heavy atom. The Morgan fingerprint density at radius 1 is 1.13 bits per heavy atom. The molecular weight excluding hydrogens is 397 g/mol. The predicted molar refractivity (Wildman–Crippen MR) is 115 cm³/mol. The van der Waals surface area contributed by atoms with Gasteiger partial charge < -0.3 is 14.6 Å². The van der Waals surface area contributed by atoms with E-state index in [-0.39, 0.29) is 30.0 Å². The zero-order valence-electron chi connectivity index (χ0n) is 17.1. The molecule has 0 saturated carbocycles. The van der Waals surface area contributed by atoms with E-state index in [1.54, 1.807) is 23.2 Å². The van der Waals surface area contributed by atoms with Crippen LogP contribution in [0, 0.1) is 11.7 Å². The molecule has 1 atom stereocenters. The number of anilines is 1. The monoisotopic (exact) mass is 421 g/mol. The first kappa shape index (κ1) is 20.8. The largest absolute Gasteiger partial charge is 0.441 e. The van der Waals surface area contributed by atoms with Crippen LogP contribution in [0.3, 0.4) is 0 Å². The molecule has 160 valence electrons. The number of nitrogens with zero attached hydrogens (tertiary/aromatic N) is 2. The van der Waals surface area contributed by atoms with Crippen molar-refractivity contribution in [3.05, 3.63) is 72.5 Å². The normalized spacial score (nSPS) is 16.2. The van der Waals surface area contributed by atoms with Crippen LogP contribution >= 0.6 is 0 Å². The van der Waals surface area contributed by atoms with Crippen molar-refractivity contribution in [2.45, 2.75) is 25.7 Å². The molecule has 7 heteroatoms. The van der Waals surface area contributed by atoms with Gasteiger partial charge in [-0.2, -0.15) is 0 Å². The molecule has 0 bridgehead atoms. The van der Waals surface area contributed by atoms with Gasteiger partial charge in [0, 0.05) is 37.2 Å². The lowest BCUT2D eigenvalue weighted by Gasteiger charge is -2.32. The molecule has 2 amide bonds. The maximum atomic E-state index is 13.1. The van der Waals surface area contributed by atoms with Gasteiger partial charge in [0.1, 0.15) is 5.82 Å². The van der Waals surface area contributed by atoms with E-state index in [0.29, 0.717) is 31.2 Å². The number of hydrogen-bond donors (Lipinski definition) is 1. The van der Waals surface area contributed by atoms with Gasteiger partial charge in [-0.05, 0) is 49.2 Å². The molecule has 0 radical (unpaired) electrons. The Balaban J connectivity index is 1.29. The first-order valence-electron chi connectivity index (χ1n) is 10.4. The van der Waals surface area contributed by atoms with Crippen molar-refractivity contribution in [1.82, 2.24) is 9.88 Å². The number of amides is 2. The zero-order valence-corrected chi connectivity index (χ0v) is 17.1. The van der Waals surface area contributed by atoms with Gasteiger partial charge in [0.15, 0.2) is 11.7 Å². The SMILES string of the molecule is O=C(Nc1ccccc1)C1CCCN(C(=O)CCc2ncc(-c3ccc(F)cc3)o2)C1. The van der Waals surface area contributed by atoms with Gasteiger partial charge in [-0.3, -0.25) is 9.59 Å². The van der Waals surface area contributed by atoms with E-state index in [1.807, 2.05) is 30.3 Å². The van der Waals surface area contributed by atoms with Crippen LogP contribution in [0.4, 0.5) is 10.1 Å². The summed E-state index contributed by atoms with van der Waals surface area (Å²) in [6.07, 6.45) is 3.78. The van der Waals surface area contributed by atoms with Gasteiger partial charge in [0.2, 0.25) is 11.8 Å². The summed E-state index contributed by atoms with van der Waals surface area (Å²) in [5.41, 5.74) is 1.49. The van der Waals surface area contributed by atoms with E-state index in [2.05, 4.69) is 10.3 Å². The number of benzene rings is 2. The number of carbonyl (C=O) groups is 2. The lowest BCUT2D eigenvalue weighted by molar-refractivity contribution is -0.134. The highest BCUT2D eigenvalue weighted by atomic mass is 19.1. The third-order valence-corrected chi connectivity index (χ3v) is 5.42. The van der Waals surface area contributed by atoms with Crippen molar-refractivity contribution in [3.63, 3.8) is 0 Å². The molecule has 1 unspecified atom stereocenters. The number of para-hydroxylation sites is 1. The van der Waals surface area contributed by atoms with Gasteiger partial charge >= 0.3 is 0 Å². The third kappa shape index (κ3) is 5.36. The number of piperidine rings is 1. The summed E-state index contributed by atoms with van der Waals surface area (Å²) in [6, 6.07) is 15.3. The van der Waals surface area contributed by atoms with E-state index >= 15 is 0 Å². The minimum atomic E-state index is -0.314. The first-order valence-corrected chi connectivity index (χ1v) is 10.4. The fraction of sp³-hybridized carbons (Fsp3) is 0.292. The minimum absolute atomic E-state index is 0.0151. The second-order valence-corrected chi connectivity index (χ2v) is 7.66. The van der Waals surface area contributed by atoms with E-state index in [1.165, 1.54) is 12.1 Å². The minimum Gasteiger partial charge on any atom is -0.441 e. The highest BCUT2D eigenvalue weighted by Crippen LogP contribution is 2.22. The Morgan fingerprint density at radius 2 is 1.90 bits per heavy atom. The van der Waals surface area contributed by atoms with Gasteiger partial charge in [-0.25, -0.2) is 9.37 Å². The second kappa shape index (κ2) is 9.55. The maximum absolute atomic E-state index is 13.1. The highest BCUT2D eigenvalue weighted by molar-refractivity contribution is 5.93. The topological polar surface area (TPSA) is 75.4 Å². The van der Waals surface area contributed by atoms with Crippen molar-refractivity contribution in [1.29, 1.82) is 0 Å². The molecule has 1 aliphatic rings. The fourth-order valence-corrected chi connectivity index (χ4v) is 3.73. The molecule has 2 heterocycles. The molecule has 1 aromatic heterocycles. The first-order chi connectivity index (χ1) is 15.1. The molecule has 1 N–H and O–H groups in total. The number of aryl methyl sites for hydroxylation is 1. The van der Waals surface area contributed by atoms with Gasteiger partial charge in [0.05, 0.1) is 12.1 Å². The van der Waals surface area contributed by atoms with E-state index in [9.17, 15) is 14.0 Å². The smallest absolute Gasteiger partial charge is 0.229 e. The summed E-state index contributed by atoms with van der Waals surface area (Å²) in [5.74, 6) is 0.399. The second-order valence-electron chi connectivity index (χ2n) is 7.66. The number of likely N-dealkylation sites (tertiary alicyclic amines) is 1. The van der Waals surface area contributed by atoms with Crippen LogP contribution < -0.4 is 5.32 Å². The van der Waals surface area contributed by atoms with E-state index in [0.717, 1.165) is 24.1 Å². The summed E-state index contributed by atoms with van der Waals surface area (Å²) >= 11 is 0. The molecule has 3 aromatic rings. The molecule has 2 aromatic carbocycles. The van der Waals surface area contributed by atoms with Crippen molar-refractivity contribution >= 4 is 17.5 Å². The number of nitrogens with one attached hydrogen (secondary N) is 1. The predicted octanol–water partition coefficient (Wildman–Crippen LogP) is 4.29. The van der Waals surface area contributed by atoms with Crippen LogP contribution in [-0.4, -0.2) is 34.8 Å². The average molecular weight is 421 g/mol. The number of halogens is 1. The lowest BCUT2D eigenvalue weighted by atomic mass is 9.96. The summed E-state index contributed by atoms with van der Waals surface area (Å²) in [7, 11) is 0. The highest BCUT2D eigenvalue weighted by Gasteiger charge is 2.28. The molecule has 6 nitrogen and oxygen atoms in total. The summed E-state index contributed by atoms with van der Waals surface area (Å²) in [6.45, 7) is 1.07. The summed E-state index contributed by atoms with van der Waals surface area (Å²) < 4.78 is 18.8. The molecule has 1 fully saturated rings. The number of carbonyl (C=O) groups excluding carboxylic acids is 2. The Labute approximate surface area is 180 Å². The molecule has 1 saturated heterocycles. The van der Waals surface area contributed by atoms with Crippen LogP contribution in [0.5, 0.6) is 0 Å². The van der Waals surface area contributed by atoms with Crippen molar-refractivity contribution < 1.29 is 18.4 Å². The molecule has 31 heavy (non-hydrogen) atoms. The zero-order chi connectivity index (χ0) is 21.6. The Hall–Kier alpha value is -3.48. The van der Waals surface area contributed by atoms with Crippen LogP contribution in [0.25, 0.3) is 11.3 Å². The maximum Gasteiger partial charge on any atom is 0.229 e. The molecule has 1 aliphatic heterocycles. The Kier molecular flexibility index (Phi) is 6.40. The molecule has 4 rings (SSSR count). The number of oxazole rings is 1. The van der Waals surface area contributed by atoms with Crippen molar-refractivity contribution in [2.75, 3.05) is 18.4 Å². The molecular formula is C24H24FN3O3.